The summed E-state index contributed by atoms with van der Waals surface area (Å²) in [6, 6.07) is 7.81. The van der Waals surface area contributed by atoms with Crippen molar-refractivity contribution in [2.75, 3.05) is 0 Å². The van der Waals surface area contributed by atoms with Crippen molar-refractivity contribution in [2.24, 2.45) is 23.2 Å². The maximum Gasteiger partial charge on any atom is 0.335 e. The van der Waals surface area contributed by atoms with Crippen molar-refractivity contribution >= 4 is 5.78 Å². The number of rotatable bonds is 4. The summed E-state index contributed by atoms with van der Waals surface area (Å²) in [5, 5.41) is 10.1. The van der Waals surface area contributed by atoms with E-state index in [1.807, 2.05) is 0 Å². The Kier molecular flexibility index (Phi) is 3.38. The van der Waals surface area contributed by atoms with Gasteiger partial charge in [-0.05, 0) is 61.8 Å². The van der Waals surface area contributed by atoms with Gasteiger partial charge in [-0.1, -0.05) is 30.3 Å². The van der Waals surface area contributed by atoms with Crippen molar-refractivity contribution in [1.82, 2.24) is 0 Å². The van der Waals surface area contributed by atoms with Crippen molar-refractivity contribution in [3.63, 3.8) is 0 Å². The number of hydrogen-bond acceptors (Lipinski definition) is 2. The molecule has 4 aliphatic carbocycles. The highest BCUT2D eigenvalue weighted by Crippen LogP contribution is 2.62. The quantitative estimate of drug-likeness (QED) is 0.905. The van der Waals surface area contributed by atoms with E-state index in [1.165, 1.54) is 12.1 Å². The fourth-order valence-electron chi connectivity index (χ4n) is 5.71. The number of benzene rings is 1. The van der Waals surface area contributed by atoms with Crippen LogP contribution in [0.25, 0.3) is 0 Å². The van der Waals surface area contributed by atoms with Crippen molar-refractivity contribution in [3.05, 3.63) is 35.9 Å². The van der Waals surface area contributed by atoms with Crippen molar-refractivity contribution in [1.29, 1.82) is 0 Å². The van der Waals surface area contributed by atoms with Gasteiger partial charge < -0.3 is 5.11 Å². The fraction of sp³-hybridized carbons (Fsp3) is 0.632. The summed E-state index contributed by atoms with van der Waals surface area (Å²) in [5.41, 5.74) is -0.788. The maximum atomic E-state index is 14.8. The van der Waals surface area contributed by atoms with E-state index in [0.717, 1.165) is 19.3 Å². The van der Waals surface area contributed by atoms with Crippen LogP contribution in [0.15, 0.2) is 30.3 Å². The molecule has 2 nitrogen and oxygen atoms in total. The maximum absolute atomic E-state index is 14.8. The van der Waals surface area contributed by atoms with Gasteiger partial charge in [-0.25, -0.2) is 0 Å². The van der Waals surface area contributed by atoms with Gasteiger partial charge in [0.25, 0.3) is 0 Å². The van der Waals surface area contributed by atoms with Crippen molar-refractivity contribution in [3.8, 4) is 0 Å². The second-order valence-corrected chi connectivity index (χ2v) is 7.96. The SMILES string of the molecule is O=C(C12CC3CC(CC(C3)C1)C2)C(F)(F)C(O)c1ccccc1. The van der Waals surface area contributed by atoms with Gasteiger partial charge in [0.05, 0.1) is 0 Å². The lowest BCUT2D eigenvalue weighted by Crippen LogP contribution is -2.55. The van der Waals surface area contributed by atoms with E-state index in [1.54, 1.807) is 18.2 Å². The molecule has 0 aliphatic heterocycles. The van der Waals surface area contributed by atoms with Gasteiger partial charge in [0.2, 0.25) is 5.78 Å². The van der Waals surface area contributed by atoms with Gasteiger partial charge in [0.15, 0.2) is 6.10 Å². The highest BCUT2D eigenvalue weighted by Gasteiger charge is 2.62. The summed E-state index contributed by atoms with van der Waals surface area (Å²) in [7, 11) is 0. The third-order valence-corrected chi connectivity index (χ3v) is 6.28. The fourth-order valence-corrected chi connectivity index (χ4v) is 5.71. The summed E-state index contributed by atoms with van der Waals surface area (Å²) in [5.74, 6) is -3.45. The highest BCUT2D eigenvalue weighted by atomic mass is 19.3. The summed E-state index contributed by atoms with van der Waals surface area (Å²) in [4.78, 5) is 12.8. The van der Waals surface area contributed by atoms with Crippen LogP contribution in [0.5, 0.6) is 0 Å². The molecular weight excluding hydrogens is 298 g/mol. The molecule has 1 aromatic rings. The van der Waals surface area contributed by atoms with E-state index in [-0.39, 0.29) is 5.56 Å². The highest BCUT2D eigenvalue weighted by molar-refractivity contribution is 5.92. The summed E-state index contributed by atoms with van der Waals surface area (Å²) < 4.78 is 29.6. The Hall–Kier alpha value is -1.29. The number of halogens is 2. The molecule has 4 bridgehead atoms. The zero-order valence-electron chi connectivity index (χ0n) is 13.1. The Bertz CT molecular complexity index is 576. The van der Waals surface area contributed by atoms with Crippen LogP contribution < -0.4 is 0 Å². The van der Waals surface area contributed by atoms with E-state index in [4.69, 9.17) is 0 Å². The third kappa shape index (κ3) is 2.34. The number of carbonyl (C=O) groups is 1. The molecular formula is C19H22F2O2. The molecule has 23 heavy (non-hydrogen) atoms. The Morgan fingerprint density at radius 1 is 1.04 bits per heavy atom. The average molecular weight is 320 g/mol. The predicted molar refractivity (Wildman–Crippen MR) is 82.0 cm³/mol. The average Bonchev–Trinajstić information content (AvgIpc) is 2.53. The van der Waals surface area contributed by atoms with Crippen LogP contribution in [0, 0.1) is 23.2 Å². The molecule has 0 aromatic heterocycles. The molecule has 5 rings (SSSR count). The minimum atomic E-state index is -3.72. The van der Waals surface area contributed by atoms with Gasteiger partial charge in [-0.15, -0.1) is 0 Å². The molecule has 1 aromatic carbocycles. The lowest BCUT2D eigenvalue weighted by atomic mass is 9.48. The van der Waals surface area contributed by atoms with Crippen LogP contribution in [0.3, 0.4) is 0 Å². The molecule has 124 valence electrons. The van der Waals surface area contributed by atoms with E-state index >= 15 is 0 Å². The zero-order chi connectivity index (χ0) is 16.2. The summed E-state index contributed by atoms with van der Waals surface area (Å²) in [6.07, 6.45) is 3.01. The van der Waals surface area contributed by atoms with Crippen LogP contribution in [0.2, 0.25) is 0 Å². The minimum absolute atomic E-state index is 0.107. The van der Waals surface area contributed by atoms with Crippen LogP contribution in [0.1, 0.15) is 50.2 Å². The van der Waals surface area contributed by atoms with Crippen LogP contribution in [0.4, 0.5) is 8.78 Å². The standard InChI is InChI=1S/C19H22F2O2/c20-19(21,16(22)15-4-2-1-3-5-15)17(23)18-9-12-6-13(10-18)8-14(7-12)11-18/h1-5,12-14,16,22H,6-11H2. The van der Waals surface area contributed by atoms with Crippen LogP contribution in [-0.4, -0.2) is 16.8 Å². The first kappa shape index (κ1) is 15.3. The molecule has 1 unspecified atom stereocenters. The molecule has 0 saturated heterocycles. The monoisotopic (exact) mass is 320 g/mol. The molecule has 1 atom stereocenters. The molecule has 4 aliphatic rings. The predicted octanol–water partition coefficient (Wildman–Crippen LogP) is 4.14. The summed E-state index contributed by atoms with van der Waals surface area (Å²) in [6.45, 7) is 0. The van der Waals surface area contributed by atoms with Crippen LogP contribution in [-0.2, 0) is 4.79 Å². The van der Waals surface area contributed by atoms with E-state index in [2.05, 4.69) is 0 Å². The Labute approximate surface area is 134 Å². The Morgan fingerprint density at radius 3 is 2.00 bits per heavy atom. The van der Waals surface area contributed by atoms with Gasteiger partial charge in [-0.3, -0.25) is 4.79 Å². The molecule has 4 fully saturated rings. The smallest absolute Gasteiger partial charge is 0.335 e. The lowest BCUT2D eigenvalue weighted by molar-refractivity contribution is -0.185. The topological polar surface area (TPSA) is 37.3 Å². The largest absolute Gasteiger partial charge is 0.382 e. The number of Topliss-reactive ketones (excluding diaryl/α,β-unsaturated/α-hetero) is 1. The minimum Gasteiger partial charge on any atom is -0.382 e. The van der Waals surface area contributed by atoms with E-state index in [9.17, 15) is 18.7 Å². The first-order valence-electron chi connectivity index (χ1n) is 8.56. The zero-order valence-corrected chi connectivity index (χ0v) is 13.1. The molecule has 1 N–H and O–H groups in total. The molecule has 4 saturated carbocycles. The number of hydrogen-bond donors (Lipinski definition) is 1. The summed E-state index contributed by atoms with van der Waals surface area (Å²) >= 11 is 0. The molecule has 0 heterocycles. The number of alkyl halides is 2. The van der Waals surface area contributed by atoms with E-state index in [0.29, 0.717) is 37.0 Å². The van der Waals surface area contributed by atoms with Crippen molar-refractivity contribution < 1.29 is 18.7 Å². The van der Waals surface area contributed by atoms with Crippen molar-refractivity contribution in [2.45, 2.75) is 50.6 Å². The lowest BCUT2D eigenvalue weighted by Gasteiger charge is -2.56. The van der Waals surface area contributed by atoms with E-state index < -0.39 is 23.2 Å². The number of aliphatic hydroxyl groups excluding tert-OH is 1. The van der Waals surface area contributed by atoms with Gasteiger partial charge in [0.1, 0.15) is 0 Å². The van der Waals surface area contributed by atoms with Gasteiger partial charge >= 0.3 is 5.92 Å². The molecule has 0 radical (unpaired) electrons. The third-order valence-electron chi connectivity index (χ3n) is 6.28. The van der Waals surface area contributed by atoms with Crippen LogP contribution >= 0.6 is 0 Å². The number of aliphatic hydroxyl groups is 1. The second-order valence-electron chi connectivity index (χ2n) is 7.96. The molecule has 4 heteroatoms. The molecule has 0 amide bonds. The van der Waals surface area contributed by atoms with Gasteiger partial charge in [-0.2, -0.15) is 8.78 Å². The number of carbonyl (C=O) groups excluding carboxylic acids is 1. The first-order chi connectivity index (χ1) is 10.9. The first-order valence-corrected chi connectivity index (χ1v) is 8.56. The molecule has 0 spiro atoms. The normalized spacial score (nSPS) is 36.9. The Morgan fingerprint density at radius 2 is 1.52 bits per heavy atom. The Balaban J connectivity index is 1.63. The number of ketones is 1. The van der Waals surface area contributed by atoms with Gasteiger partial charge in [0, 0.05) is 5.41 Å². The second kappa shape index (κ2) is 5.10.